The number of aryl methyl sites for hydroxylation is 1. The van der Waals surface area contributed by atoms with Crippen molar-refractivity contribution in [2.24, 2.45) is 4.99 Å². The van der Waals surface area contributed by atoms with Crippen molar-refractivity contribution < 1.29 is 14.3 Å². The summed E-state index contributed by atoms with van der Waals surface area (Å²) in [6, 6.07) is 9.51. The van der Waals surface area contributed by atoms with Gasteiger partial charge >= 0.3 is 5.97 Å². The van der Waals surface area contributed by atoms with Crippen molar-refractivity contribution in [3.8, 4) is 5.75 Å². The van der Waals surface area contributed by atoms with Gasteiger partial charge in [0.1, 0.15) is 15.6 Å². The lowest BCUT2D eigenvalue weighted by Crippen LogP contribution is -2.03. The zero-order valence-electron chi connectivity index (χ0n) is 12.3. The molecule has 0 aliphatic carbocycles. The molecule has 0 aliphatic heterocycles. The number of carbonyl (C=O) groups excluding carboxylic acids is 1. The van der Waals surface area contributed by atoms with Gasteiger partial charge in [-0.3, -0.25) is 0 Å². The molecule has 0 unspecified atom stereocenters. The lowest BCUT2D eigenvalue weighted by Gasteiger charge is -2.02. The molecule has 2 aromatic rings. The molecule has 0 fully saturated rings. The molecule has 21 heavy (non-hydrogen) atoms. The zero-order chi connectivity index (χ0) is 15.2. The van der Waals surface area contributed by atoms with Crippen molar-refractivity contribution in [3.63, 3.8) is 0 Å². The molecule has 0 spiro atoms. The van der Waals surface area contributed by atoms with Gasteiger partial charge in [-0.2, -0.15) is 0 Å². The van der Waals surface area contributed by atoms with E-state index >= 15 is 0 Å². The van der Waals surface area contributed by atoms with Gasteiger partial charge in [-0.05, 0) is 37.6 Å². The number of aliphatic imine (C=N–C) groups is 1. The number of rotatable bonds is 5. The number of nitrogens with zero attached hydrogens (tertiary/aromatic N) is 1. The summed E-state index contributed by atoms with van der Waals surface area (Å²) in [6.07, 6.45) is 1.74. The average molecular weight is 303 g/mol. The number of thiophene rings is 1. The van der Waals surface area contributed by atoms with Gasteiger partial charge in [0.05, 0.1) is 13.7 Å². The Morgan fingerprint density at radius 1 is 1.38 bits per heavy atom. The van der Waals surface area contributed by atoms with Crippen LogP contribution in [0.3, 0.4) is 0 Å². The molecule has 0 bridgehead atoms. The molecule has 1 aromatic heterocycles. The van der Waals surface area contributed by atoms with Crippen molar-refractivity contribution in [2.45, 2.75) is 13.8 Å². The Balaban J connectivity index is 2.22. The fourth-order valence-corrected chi connectivity index (χ4v) is 2.75. The summed E-state index contributed by atoms with van der Waals surface area (Å²) in [5, 5.41) is 0.765. The van der Waals surface area contributed by atoms with Crippen LogP contribution < -0.4 is 4.74 Å². The number of carbonyl (C=O) groups is 1. The van der Waals surface area contributed by atoms with Crippen LogP contribution in [0.4, 0.5) is 5.00 Å². The van der Waals surface area contributed by atoms with Crippen LogP contribution in [-0.4, -0.2) is 25.9 Å². The number of esters is 1. The van der Waals surface area contributed by atoms with Crippen LogP contribution in [0.1, 0.15) is 27.7 Å². The van der Waals surface area contributed by atoms with E-state index in [1.54, 1.807) is 20.2 Å². The van der Waals surface area contributed by atoms with Gasteiger partial charge in [0.15, 0.2) is 0 Å². The summed E-state index contributed by atoms with van der Waals surface area (Å²) in [4.78, 5) is 16.8. The second kappa shape index (κ2) is 7.04. The van der Waals surface area contributed by atoms with Gasteiger partial charge in [0.25, 0.3) is 0 Å². The second-order valence-electron chi connectivity index (χ2n) is 4.32. The third-order valence-corrected chi connectivity index (χ3v) is 3.96. The van der Waals surface area contributed by atoms with Gasteiger partial charge in [0.2, 0.25) is 0 Å². The summed E-state index contributed by atoms with van der Waals surface area (Å²) >= 11 is 1.33. The average Bonchev–Trinajstić information content (AvgIpc) is 2.87. The molecule has 5 heteroatoms. The molecule has 1 heterocycles. The van der Waals surface area contributed by atoms with Gasteiger partial charge in [0, 0.05) is 11.8 Å². The van der Waals surface area contributed by atoms with Crippen LogP contribution >= 0.6 is 11.3 Å². The fraction of sp³-hybridized carbons (Fsp3) is 0.250. The Morgan fingerprint density at radius 3 is 2.86 bits per heavy atom. The first kappa shape index (κ1) is 15.3. The van der Waals surface area contributed by atoms with Crippen molar-refractivity contribution in [1.29, 1.82) is 0 Å². The smallest absolute Gasteiger partial charge is 0.348 e. The van der Waals surface area contributed by atoms with E-state index in [0.717, 1.165) is 21.9 Å². The minimum atomic E-state index is -0.293. The summed E-state index contributed by atoms with van der Waals surface area (Å²) in [5.74, 6) is 0.471. The number of ether oxygens (including phenoxy) is 2. The molecule has 0 amide bonds. The number of hydrogen-bond acceptors (Lipinski definition) is 5. The van der Waals surface area contributed by atoms with Gasteiger partial charge < -0.3 is 9.47 Å². The highest BCUT2D eigenvalue weighted by Crippen LogP contribution is 2.30. The molecule has 0 N–H and O–H groups in total. The third-order valence-electron chi connectivity index (χ3n) is 2.84. The van der Waals surface area contributed by atoms with E-state index < -0.39 is 0 Å². The predicted molar refractivity (Wildman–Crippen MR) is 85.3 cm³/mol. The standard InChI is InChI=1S/C16H17NO3S/c1-4-20-16(18)15-11(2)9-14(21-15)17-10-12-7-5-6-8-13(12)19-3/h5-10H,4H2,1-3H3. The Labute approximate surface area is 128 Å². The Hall–Kier alpha value is -2.14. The van der Waals surface area contributed by atoms with Crippen molar-refractivity contribution >= 4 is 28.5 Å². The van der Waals surface area contributed by atoms with E-state index in [1.165, 1.54) is 11.3 Å². The van der Waals surface area contributed by atoms with E-state index in [2.05, 4.69) is 4.99 Å². The lowest BCUT2D eigenvalue weighted by molar-refractivity contribution is 0.0531. The largest absolute Gasteiger partial charge is 0.496 e. The molecular weight excluding hydrogens is 286 g/mol. The number of methoxy groups -OCH3 is 1. The third kappa shape index (κ3) is 3.70. The molecule has 0 aliphatic rings. The molecule has 110 valence electrons. The number of para-hydroxylation sites is 1. The van der Waals surface area contributed by atoms with Crippen LogP contribution in [0.2, 0.25) is 0 Å². The topological polar surface area (TPSA) is 47.9 Å². The summed E-state index contributed by atoms with van der Waals surface area (Å²) in [7, 11) is 1.63. The van der Waals surface area contributed by atoms with Gasteiger partial charge in [-0.25, -0.2) is 9.79 Å². The fourth-order valence-electron chi connectivity index (χ4n) is 1.83. The molecule has 4 nitrogen and oxygen atoms in total. The zero-order valence-corrected chi connectivity index (χ0v) is 13.1. The minimum absolute atomic E-state index is 0.293. The highest BCUT2D eigenvalue weighted by Gasteiger charge is 2.14. The first-order valence-electron chi connectivity index (χ1n) is 6.60. The summed E-state index contributed by atoms with van der Waals surface area (Å²) < 4.78 is 10.3. The first-order valence-corrected chi connectivity index (χ1v) is 7.42. The Kier molecular flexibility index (Phi) is 5.11. The molecule has 0 saturated carbocycles. The van der Waals surface area contributed by atoms with Crippen molar-refractivity contribution in [3.05, 3.63) is 46.3 Å². The maximum Gasteiger partial charge on any atom is 0.348 e. The van der Waals surface area contributed by atoms with Crippen molar-refractivity contribution in [1.82, 2.24) is 0 Å². The Bertz CT molecular complexity index is 661. The predicted octanol–water partition coefficient (Wildman–Crippen LogP) is 3.99. The molecule has 2 rings (SSSR count). The molecular formula is C16H17NO3S. The van der Waals surface area contributed by atoms with Gasteiger partial charge in [-0.1, -0.05) is 12.1 Å². The maximum absolute atomic E-state index is 11.8. The van der Waals surface area contributed by atoms with Gasteiger partial charge in [-0.15, -0.1) is 11.3 Å². The van der Waals surface area contributed by atoms with Crippen LogP contribution in [0.5, 0.6) is 5.75 Å². The van der Waals surface area contributed by atoms with Crippen molar-refractivity contribution in [2.75, 3.05) is 13.7 Å². The van der Waals surface area contributed by atoms with Crippen LogP contribution in [-0.2, 0) is 4.74 Å². The van der Waals surface area contributed by atoms with Crippen LogP contribution in [0.25, 0.3) is 0 Å². The summed E-state index contributed by atoms with van der Waals surface area (Å²) in [6.45, 7) is 4.04. The first-order chi connectivity index (χ1) is 10.2. The van der Waals surface area contributed by atoms with E-state index in [9.17, 15) is 4.79 Å². The Morgan fingerprint density at radius 2 is 2.14 bits per heavy atom. The van der Waals surface area contributed by atoms with Crippen LogP contribution in [0.15, 0.2) is 35.3 Å². The minimum Gasteiger partial charge on any atom is -0.496 e. The SMILES string of the molecule is CCOC(=O)c1sc(N=Cc2ccccc2OC)cc1C. The number of hydrogen-bond donors (Lipinski definition) is 0. The van der Waals surface area contributed by atoms with E-state index in [4.69, 9.17) is 9.47 Å². The van der Waals surface area contributed by atoms with E-state index in [-0.39, 0.29) is 5.97 Å². The van der Waals surface area contributed by atoms with E-state index in [1.807, 2.05) is 37.3 Å². The lowest BCUT2D eigenvalue weighted by atomic mass is 10.2. The second-order valence-corrected chi connectivity index (χ2v) is 5.35. The molecule has 1 aromatic carbocycles. The van der Waals surface area contributed by atoms with E-state index in [0.29, 0.717) is 11.5 Å². The quantitative estimate of drug-likeness (QED) is 0.620. The summed E-state index contributed by atoms with van der Waals surface area (Å²) in [5.41, 5.74) is 1.77. The molecule has 0 saturated heterocycles. The normalized spacial score (nSPS) is 10.8. The molecule has 0 radical (unpaired) electrons. The monoisotopic (exact) mass is 303 g/mol. The maximum atomic E-state index is 11.8. The van der Waals surface area contributed by atoms with Crippen LogP contribution in [0, 0.1) is 6.92 Å². The highest BCUT2D eigenvalue weighted by atomic mass is 32.1. The highest BCUT2D eigenvalue weighted by molar-refractivity contribution is 7.17. The number of benzene rings is 1. The molecule has 0 atom stereocenters.